The molecule has 0 bridgehead atoms. The number of hydrogen-bond acceptors (Lipinski definition) is 7. The minimum atomic E-state index is -0.508. The van der Waals surface area contributed by atoms with Crippen LogP contribution in [0.4, 0.5) is 5.69 Å². The molecule has 0 spiro atoms. The second-order valence-electron chi connectivity index (χ2n) is 4.30. The SMILES string of the molecule is C[C@@H](c1nc(-c2ccncc2)no1)n1cc([N+](=O)[O-])cn1. The Labute approximate surface area is 118 Å². The van der Waals surface area contributed by atoms with Gasteiger partial charge >= 0.3 is 5.69 Å². The first-order valence-electron chi connectivity index (χ1n) is 6.07. The van der Waals surface area contributed by atoms with E-state index in [-0.39, 0.29) is 5.69 Å². The van der Waals surface area contributed by atoms with Crippen molar-refractivity contribution in [3.05, 3.63) is 52.9 Å². The normalized spacial score (nSPS) is 12.2. The summed E-state index contributed by atoms with van der Waals surface area (Å²) >= 11 is 0. The van der Waals surface area contributed by atoms with E-state index in [2.05, 4.69) is 20.2 Å². The quantitative estimate of drug-likeness (QED) is 0.531. The molecule has 0 aliphatic heterocycles. The van der Waals surface area contributed by atoms with E-state index in [1.165, 1.54) is 17.1 Å². The zero-order valence-corrected chi connectivity index (χ0v) is 10.9. The third-order valence-electron chi connectivity index (χ3n) is 2.93. The lowest BCUT2D eigenvalue weighted by molar-refractivity contribution is -0.385. The van der Waals surface area contributed by atoms with Crippen LogP contribution in [0.3, 0.4) is 0 Å². The summed E-state index contributed by atoms with van der Waals surface area (Å²) in [6.07, 6.45) is 5.76. The maximum Gasteiger partial charge on any atom is 0.307 e. The van der Waals surface area contributed by atoms with Gasteiger partial charge in [0.05, 0.1) is 4.92 Å². The number of aromatic nitrogens is 5. The van der Waals surface area contributed by atoms with Gasteiger partial charge in [-0.2, -0.15) is 10.1 Å². The molecule has 1 atom stereocenters. The molecule has 0 saturated carbocycles. The van der Waals surface area contributed by atoms with Crippen LogP contribution < -0.4 is 0 Å². The van der Waals surface area contributed by atoms with Gasteiger partial charge in [0.1, 0.15) is 18.4 Å². The predicted octanol–water partition coefficient (Wildman–Crippen LogP) is 1.85. The fourth-order valence-corrected chi connectivity index (χ4v) is 1.77. The van der Waals surface area contributed by atoms with Crippen molar-refractivity contribution in [2.24, 2.45) is 0 Å². The van der Waals surface area contributed by atoms with Gasteiger partial charge in [-0.3, -0.25) is 19.8 Å². The molecule has 0 N–H and O–H groups in total. The molecular formula is C12H10N6O3. The zero-order chi connectivity index (χ0) is 14.8. The fraction of sp³-hybridized carbons (Fsp3) is 0.167. The molecule has 0 fully saturated rings. The van der Waals surface area contributed by atoms with E-state index in [0.717, 1.165) is 5.56 Å². The molecule has 0 saturated heterocycles. The third kappa shape index (κ3) is 2.48. The molecule has 0 aliphatic rings. The topological polar surface area (TPSA) is 113 Å². The first-order valence-corrected chi connectivity index (χ1v) is 6.07. The molecule has 3 aromatic heterocycles. The van der Waals surface area contributed by atoms with E-state index in [0.29, 0.717) is 11.7 Å². The maximum absolute atomic E-state index is 10.7. The van der Waals surface area contributed by atoms with E-state index >= 15 is 0 Å². The molecule has 0 amide bonds. The van der Waals surface area contributed by atoms with Gasteiger partial charge in [-0.05, 0) is 19.1 Å². The Hall–Kier alpha value is -3.10. The molecule has 21 heavy (non-hydrogen) atoms. The first-order chi connectivity index (χ1) is 10.1. The molecule has 3 heterocycles. The van der Waals surface area contributed by atoms with E-state index in [9.17, 15) is 10.1 Å². The van der Waals surface area contributed by atoms with Crippen LogP contribution in [0.2, 0.25) is 0 Å². The predicted molar refractivity (Wildman–Crippen MR) is 70.2 cm³/mol. The molecule has 3 rings (SSSR count). The van der Waals surface area contributed by atoms with E-state index < -0.39 is 11.0 Å². The molecule has 0 aromatic carbocycles. The summed E-state index contributed by atoms with van der Waals surface area (Å²) in [7, 11) is 0. The van der Waals surface area contributed by atoms with Gasteiger partial charge in [0.25, 0.3) is 5.89 Å². The number of nitro groups is 1. The van der Waals surface area contributed by atoms with E-state index in [1.54, 1.807) is 31.5 Å². The maximum atomic E-state index is 10.7. The number of nitrogens with zero attached hydrogens (tertiary/aromatic N) is 6. The molecule has 3 aromatic rings. The zero-order valence-electron chi connectivity index (χ0n) is 10.9. The summed E-state index contributed by atoms with van der Waals surface area (Å²) in [5.41, 5.74) is 0.689. The second-order valence-corrected chi connectivity index (χ2v) is 4.30. The molecule has 0 radical (unpaired) electrons. The Balaban J connectivity index is 1.87. The van der Waals surface area contributed by atoms with Crippen LogP contribution >= 0.6 is 0 Å². The standard InChI is InChI=1S/C12H10N6O3/c1-8(17-7-10(6-14-17)18(19)20)12-15-11(16-21-12)9-2-4-13-5-3-9/h2-8H,1H3/t8-/m0/s1. The van der Waals surface area contributed by atoms with Crippen LogP contribution in [0.5, 0.6) is 0 Å². The van der Waals surface area contributed by atoms with Crippen LogP contribution in [0, 0.1) is 10.1 Å². The highest BCUT2D eigenvalue weighted by Gasteiger charge is 2.20. The van der Waals surface area contributed by atoms with Gasteiger partial charge in [0.2, 0.25) is 5.82 Å². The van der Waals surface area contributed by atoms with E-state index in [4.69, 9.17) is 4.52 Å². The van der Waals surface area contributed by atoms with Crippen LogP contribution in [0.15, 0.2) is 41.4 Å². The molecule has 106 valence electrons. The average molecular weight is 286 g/mol. The number of rotatable bonds is 4. The summed E-state index contributed by atoms with van der Waals surface area (Å²) in [6, 6.07) is 3.12. The summed E-state index contributed by atoms with van der Waals surface area (Å²) in [4.78, 5) is 18.3. The lowest BCUT2D eigenvalue weighted by Crippen LogP contribution is -2.07. The average Bonchev–Trinajstić information content (AvgIpc) is 3.17. The highest BCUT2D eigenvalue weighted by Crippen LogP contribution is 2.21. The molecule has 0 aliphatic carbocycles. The summed E-state index contributed by atoms with van der Waals surface area (Å²) in [5, 5.41) is 18.5. The molecule has 0 unspecified atom stereocenters. The minimum absolute atomic E-state index is 0.0873. The van der Waals surface area contributed by atoms with Gasteiger partial charge in [-0.25, -0.2) is 0 Å². The fourth-order valence-electron chi connectivity index (χ4n) is 1.77. The Kier molecular flexibility index (Phi) is 3.14. The Morgan fingerprint density at radius 3 is 2.81 bits per heavy atom. The highest BCUT2D eigenvalue weighted by molar-refractivity contribution is 5.52. The largest absolute Gasteiger partial charge is 0.337 e. The number of pyridine rings is 1. The van der Waals surface area contributed by atoms with Crippen molar-refractivity contribution >= 4 is 5.69 Å². The highest BCUT2D eigenvalue weighted by atomic mass is 16.6. The van der Waals surface area contributed by atoms with Crippen molar-refractivity contribution in [2.45, 2.75) is 13.0 Å². The van der Waals surface area contributed by atoms with Crippen LogP contribution in [0.1, 0.15) is 18.9 Å². The first kappa shape index (κ1) is 12.9. The van der Waals surface area contributed by atoms with Gasteiger partial charge in [-0.15, -0.1) is 0 Å². The van der Waals surface area contributed by atoms with Crippen molar-refractivity contribution in [3.63, 3.8) is 0 Å². The van der Waals surface area contributed by atoms with Crippen LogP contribution in [-0.2, 0) is 0 Å². The minimum Gasteiger partial charge on any atom is -0.337 e. The Morgan fingerprint density at radius 2 is 2.14 bits per heavy atom. The molecular weight excluding hydrogens is 276 g/mol. The summed E-state index contributed by atoms with van der Waals surface area (Å²) in [6.45, 7) is 1.76. The van der Waals surface area contributed by atoms with Crippen molar-refractivity contribution in [2.75, 3.05) is 0 Å². The smallest absolute Gasteiger partial charge is 0.307 e. The molecule has 9 nitrogen and oxygen atoms in total. The Bertz CT molecular complexity index is 766. The van der Waals surface area contributed by atoms with E-state index in [1.807, 2.05) is 0 Å². The summed E-state index contributed by atoms with van der Waals surface area (Å²) in [5.74, 6) is 0.751. The molecule has 9 heteroatoms. The lowest BCUT2D eigenvalue weighted by Gasteiger charge is -2.04. The van der Waals surface area contributed by atoms with Crippen LogP contribution in [0.25, 0.3) is 11.4 Å². The van der Waals surface area contributed by atoms with Crippen molar-refractivity contribution in [1.82, 2.24) is 24.9 Å². The number of hydrogen-bond donors (Lipinski definition) is 0. The van der Waals surface area contributed by atoms with Gasteiger partial charge in [-0.1, -0.05) is 5.16 Å². The van der Waals surface area contributed by atoms with Crippen molar-refractivity contribution < 1.29 is 9.45 Å². The third-order valence-corrected chi connectivity index (χ3v) is 2.93. The summed E-state index contributed by atoms with van der Waals surface area (Å²) < 4.78 is 6.60. The Morgan fingerprint density at radius 1 is 1.38 bits per heavy atom. The van der Waals surface area contributed by atoms with Gasteiger partial charge in [0.15, 0.2) is 0 Å². The lowest BCUT2D eigenvalue weighted by atomic mass is 10.2. The van der Waals surface area contributed by atoms with Crippen LogP contribution in [-0.4, -0.2) is 29.8 Å². The van der Waals surface area contributed by atoms with Gasteiger partial charge < -0.3 is 4.52 Å². The second kappa shape index (κ2) is 5.12. The monoisotopic (exact) mass is 286 g/mol. The van der Waals surface area contributed by atoms with Gasteiger partial charge in [0, 0.05) is 18.0 Å². The van der Waals surface area contributed by atoms with Crippen molar-refractivity contribution in [3.8, 4) is 11.4 Å². The van der Waals surface area contributed by atoms with Crippen molar-refractivity contribution in [1.29, 1.82) is 0 Å².